The third-order valence-corrected chi connectivity index (χ3v) is 7.11. The number of rotatable bonds is 11. The van der Waals surface area contributed by atoms with Crippen LogP contribution in [0.4, 0.5) is 0 Å². The number of nitrogens with one attached hydrogen (secondary N) is 1. The van der Waals surface area contributed by atoms with E-state index in [9.17, 15) is 9.59 Å². The highest BCUT2D eigenvalue weighted by atomic mass is 35.5. The second-order valence-corrected chi connectivity index (χ2v) is 10.5. The zero-order valence-corrected chi connectivity index (χ0v) is 22.8. The number of carbonyl (C=O) groups is 2. The van der Waals surface area contributed by atoms with Crippen molar-refractivity contribution in [3.8, 4) is 0 Å². The van der Waals surface area contributed by atoms with Crippen LogP contribution in [0.2, 0.25) is 5.02 Å². The first-order valence-electron chi connectivity index (χ1n) is 13.2. The molecule has 4 nitrogen and oxygen atoms in total. The molecule has 4 rings (SSSR count). The van der Waals surface area contributed by atoms with E-state index in [1.54, 1.807) is 4.90 Å². The van der Waals surface area contributed by atoms with Crippen molar-refractivity contribution in [2.24, 2.45) is 5.92 Å². The summed E-state index contributed by atoms with van der Waals surface area (Å²) in [4.78, 5) is 29.2. The Morgan fingerprint density at radius 3 is 2.24 bits per heavy atom. The van der Waals surface area contributed by atoms with E-state index in [2.05, 4.69) is 43.4 Å². The Kier molecular flexibility index (Phi) is 9.56. The van der Waals surface area contributed by atoms with Crippen LogP contribution >= 0.6 is 11.6 Å². The molecule has 0 heterocycles. The minimum absolute atomic E-state index is 0.0709. The lowest BCUT2D eigenvalue weighted by Gasteiger charge is -2.32. The summed E-state index contributed by atoms with van der Waals surface area (Å²) in [6.45, 7) is 4.93. The highest BCUT2D eigenvalue weighted by Crippen LogP contribution is 2.23. The van der Waals surface area contributed by atoms with Gasteiger partial charge in [0.1, 0.15) is 6.04 Å². The van der Waals surface area contributed by atoms with Crippen molar-refractivity contribution in [3.05, 3.63) is 119 Å². The number of nitrogens with zero attached hydrogens (tertiary/aromatic N) is 1. The second-order valence-electron chi connectivity index (χ2n) is 10.1. The van der Waals surface area contributed by atoms with Gasteiger partial charge in [-0.1, -0.05) is 116 Å². The number of halogens is 1. The van der Waals surface area contributed by atoms with Crippen LogP contribution < -0.4 is 5.32 Å². The lowest BCUT2D eigenvalue weighted by Crippen LogP contribution is -2.51. The van der Waals surface area contributed by atoms with Gasteiger partial charge in [0.05, 0.1) is 0 Å². The molecule has 1 unspecified atom stereocenters. The molecule has 4 aromatic carbocycles. The number of fused-ring (bicyclic) bond motifs is 1. The second kappa shape index (κ2) is 13.3. The topological polar surface area (TPSA) is 49.4 Å². The molecule has 0 aliphatic rings. The van der Waals surface area contributed by atoms with Crippen molar-refractivity contribution in [2.75, 3.05) is 6.54 Å². The van der Waals surface area contributed by atoms with Crippen LogP contribution in [-0.4, -0.2) is 29.3 Å². The van der Waals surface area contributed by atoms with Crippen LogP contribution in [0.5, 0.6) is 0 Å². The molecule has 0 bridgehead atoms. The van der Waals surface area contributed by atoms with E-state index in [0.29, 0.717) is 36.7 Å². The zero-order chi connectivity index (χ0) is 26.9. The molecule has 2 amide bonds. The zero-order valence-electron chi connectivity index (χ0n) is 22.1. The maximum absolute atomic E-state index is 13.9. The van der Waals surface area contributed by atoms with Gasteiger partial charge < -0.3 is 10.2 Å². The number of benzene rings is 4. The highest BCUT2D eigenvalue weighted by molar-refractivity contribution is 6.31. The predicted octanol–water partition coefficient (Wildman–Crippen LogP) is 6.84. The molecule has 1 atom stereocenters. The molecule has 0 fully saturated rings. The Labute approximate surface area is 230 Å². The minimum atomic E-state index is -0.660. The molecule has 196 valence electrons. The van der Waals surface area contributed by atoms with Gasteiger partial charge in [-0.25, -0.2) is 0 Å². The summed E-state index contributed by atoms with van der Waals surface area (Å²) in [5.41, 5.74) is 2.95. The smallest absolute Gasteiger partial charge is 0.243 e. The molecule has 4 aromatic rings. The SMILES string of the molecule is CC(C)CNC(=O)C(Cc1ccccc1)N(Cc1ccccc1Cl)C(=O)CCc1cccc2ccccc12. The summed E-state index contributed by atoms with van der Waals surface area (Å²) in [6, 6.07) is 31.1. The van der Waals surface area contributed by atoms with E-state index in [4.69, 9.17) is 11.6 Å². The van der Waals surface area contributed by atoms with Crippen molar-refractivity contribution in [2.45, 2.75) is 45.7 Å². The van der Waals surface area contributed by atoms with Crippen molar-refractivity contribution in [3.63, 3.8) is 0 Å². The summed E-state index contributed by atoms with van der Waals surface area (Å²) < 4.78 is 0. The molecule has 0 aromatic heterocycles. The fourth-order valence-electron chi connectivity index (χ4n) is 4.68. The van der Waals surface area contributed by atoms with Gasteiger partial charge in [-0.05, 0) is 45.9 Å². The van der Waals surface area contributed by atoms with Gasteiger partial charge in [0.2, 0.25) is 11.8 Å². The fourth-order valence-corrected chi connectivity index (χ4v) is 4.88. The first-order valence-corrected chi connectivity index (χ1v) is 13.6. The molecule has 0 aliphatic carbocycles. The Morgan fingerprint density at radius 1 is 0.816 bits per heavy atom. The summed E-state index contributed by atoms with van der Waals surface area (Å²) in [5, 5.41) is 5.96. The Morgan fingerprint density at radius 2 is 1.47 bits per heavy atom. The van der Waals surface area contributed by atoms with E-state index >= 15 is 0 Å². The van der Waals surface area contributed by atoms with Crippen molar-refractivity contribution in [1.29, 1.82) is 0 Å². The largest absolute Gasteiger partial charge is 0.354 e. The quantitative estimate of drug-likeness (QED) is 0.232. The van der Waals surface area contributed by atoms with Crippen LogP contribution in [0.15, 0.2) is 97.1 Å². The van der Waals surface area contributed by atoms with Gasteiger partial charge in [-0.3, -0.25) is 9.59 Å². The molecule has 1 N–H and O–H groups in total. The van der Waals surface area contributed by atoms with E-state index in [1.165, 1.54) is 0 Å². The first-order chi connectivity index (χ1) is 18.4. The predicted molar refractivity (Wildman–Crippen MR) is 156 cm³/mol. The average molecular weight is 527 g/mol. The van der Waals surface area contributed by atoms with Crippen molar-refractivity contribution < 1.29 is 9.59 Å². The molecule has 0 aliphatic heterocycles. The van der Waals surface area contributed by atoms with E-state index in [0.717, 1.165) is 27.5 Å². The van der Waals surface area contributed by atoms with Crippen molar-refractivity contribution >= 4 is 34.2 Å². The van der Waals surface area contributed by atoms with E-state index in [-0.39, 0.29) is 18.4 Å². The Bertz CT molecular complexity index is 1360. The van der Waals surface area contributed by atoms with Gasteiger partial charge in [-0.15, -0.1) is 0 Å². The normalized spacial score (nSPS) is 11.9. The van der Waals surface area contributed by atoms with Crippen LogP contribution in [0.3, 0.4) is 0 Å². The molecule has 0 saturated heterocycles. The Balaban J connectivity index is 1.64. The summed E-state index contributed by atoms with van der Waals surface area (Å²) >= 11 is 6.52. The lowest BCUT2D eigenvalue weighted by atomic mass is 9.99. The molecular weight excluding hydrogens is 492 g/mol. The van der Waals surface area contributed by atoms with Gasteiger partial charge in [0.15, 0.2) is 0 Å². The van der Waals surface area contributed by atoms with Gasteiger partial charge >= 0.3 is 0 Å². The molecule has 38 heavy (non-hydrogen) atoms. The van der Waals surface area contributed by atoms with Gasteiger partial charge in [0.25, 0.3) is 0 Å². The fraction of sp³-hybridized carbons (Fsp3) is 0.273. The molecule has 0 radical (unpaired) electrons. The van der Waals surface area contributed by atoms with Crippen LogP contribution in [0.25, 0.3) is 10.8 Å². The monoisotopic (exact) mass is 526 g/mol. The van der Waals surface area contributed by atoms with Crippen LogP contribution in [0, 0.1) is 5.92 Å². The molecule has 0 spiro atoms. The van der Waals surface area contributed by atoms with Gasteiger partial charge in [-0.2, -0.15) is 0 Å². The third-order valence-electron chi connectivity index (χ3n) is 6.74. The number of hydrogen-bond acceptors (Lipinski definition) is 2. The summed E-state index contributed by atoms with van der Waals surface area (Å²) in [7, 11) is 0. The minimum Gasteiger partial charge on any atom is -0.354 e. The van der Waals surface area contributed by atoms with Crippen LogP contribution in [0.1, 0.15) is 37.0 Å². The van der Waals surface area contributed by atoms with Crippen molar-refractivity contribution in [1.82, 2.24) is 10.2 Å². The maximum atomic E-state index is 13.9. The number of carbonyl (C=O) groups excluding carboxylic acids is 2. The van der Waals surface area contributed by atoms with E-state index < -0.39 is 6.04 Å². The highest BCUT2D eigenvalue weighted by Gasteiger charge is 2.30. The maximum Gasteiger partial charge on any atom is 0.243 e. The number of amides is 2. The average Bonchev–Trinajstić information content (AvgIpc) is 2.93. The molecular formula is C33H35ClN2O2. The summed E-state index contributed by atoms with van der Waals surface area (Å²) in [6.07, 6.45) is 1.31. The third kappa shape index (κ3) is 7.23. The molecule has 5 heteroatoms. The van der Waals surface area contributed by atoms with E-state index in [1.807, 2.05) is 72.8 Å². The van der Waals surface area contributed by atoms with Crippen LogP contribution in [-0.2, 0) is 29.0 Å². The summed E-state index contributed by atoms with van der Waals surface area (Å²) in [5.74, 6) is 0.0852. The van der Waals surface area contributed by atoms with Gasteiger partial charge in [0, 0.05) is 31.0 Å². The number of aryl methyl sites for hydroxylation is 1. The lowest BCUT2D eigenvalue weighted by molar-refractivity contribution is -0.141. The standard InChI is InChI=1S/C33H35ClN2O2/c1-24(2)22-35-33(38)31(21-25-11-4-3-5-12-25)36(23-28-14-7-9-18-30(28)34)32(37)20-19-27-16-10-15-26-13-6-8-17-29(26)27/h3-18,24,31H,19-23H2,1-2H3,(H,35,38). The number of hydrogen-bond donors (Lipinski definition) is 1. The Hall–Kier alpha value is -3.63. The molecule has 0 saturated carbocycles. The first kappa shape index (κ1) is 27.4.